The number of tetrazole rings is 1. The lowest BCUT2D eigenvalue weighted by Gasteiger charge is -2.17. The van der Waals surface area contributed by atoms with E-state index in [1.165, 1.54) is 0 Å². The number of anilines is 1. The van der Waals surface area contributed by atoms with Crippen LogP contribution >= 0.6 is 0 Å². The highest BCUT2D eigenvalue weighted by molar-refractivity contribution is 5.87. The lowest BCUT2D eigenvalue weighted by atomic mass is 9.91. The summed E-state index contributed by atoms with van der Waals surface area (Å²) in [7, 11) is 0. The maximum atomic E-state index is 4.12. The number of hydrogen-bond acceptors (Lipinski definition) is 5. The molecule has 0 saturated heterocycles. The molecule has 1 heterocycles. The number of rotatable bonds is 2. The van der Waals surface area contributed by atoms with Crippen molar-refractivity contribution < 1.29 is 0 Å². The third-order valence-electron chi connectivity index (χ3n) is 1.75. The Hall–Kier alpha value is -1.46. The monoisotopic (exact) mass is 182 g/mol. The van der Waals surface area contributed by atoms with Crippen molar-refractivity contribution in [2.45, 2.75) is 27.7 Å². The van der Waals surface area contributed by atoms with Crippen LogP contribution in [0, 0.1) is 5.41 Å². The van der Waals surface area contributed by atoms with Crippen molar-refractivity contribution in [3.63, 3.8) is 0 Å². The molecule has 0 fully saturated rings. The van der Waals surface area contributed by atoms with Gasteiger partial charge in [-0.3, -0.25) is 0 Å². The Labute approximate surface area is 76.8 Å². The number of aromatic amines is 1. The second-order valence-electron chi connectivity index (χ2n) is 3.79. The molecule has 0 atom stereocenters. The fourth-order valence-corrected chi connectivity index (χ4v) is 0.511. The molecule has 13 heavy (non-hydrogen) atoms. The topological polar surface area (TPSA) is 78.9 Å². The minimum absolute atomic E-state index is 0.0523. The number of hydrazone groups is 1. The Bertz CT molecular complexity index is 280. The molecular formula is C7H14N6. The van der Waals surface area contributed by atoms with E-state index < -0.39 is 0 Å². The van der Waals surface area contributed by atoms with Crippen molar-refractivity contribution in [1.82, 2.24) is 20.6 Å². The molecule has 0 aliphatic rings. The number of hydrogen-bond donors (Lipinski definition) is 2. The van der Waals surface area contributed by atoms with Gasteiger partial charge in [0.25, 0.3) is 5.95 Å². The molecule has 6 heteroatoms. The summed E-state index contributed by atoms with van der Waals surface area (Å²) >= 11 is 0. The second-order valence-corrected chi connectivity index (χ2v) is 3.79. The van der Waals surface area contributed by atoms with Crippen molar-refractivity contribution >= 4 is 11.7 Å². The molecule has 0 aromatic carbocycles. The Balaban J connectivity index is 2.59. The van der Waals surface area contributed by atoms with Gasteiger partial charge in [0.05, 0.1) is 0 Å². The van der Waals surface area contributed by atoms with Gasteiger partial charge in [0.15, 0.2) is 0 Å². The molecule has 2 N–H and O–H groups in total. The third-order valence-corrected chi connectivity index (χ3v) is 1.75. The van der Waals surface area contributed by atoms with Crippen LogP contribution in [0.5, 0.6) is 0 Å². The number of H-pyrrole nitrogens is 1. The first-order valence-electron chi connectivity index (χ1n) is 4.04. The van der Waals surface area contributed by atoms with Crippen molar-refractivity contribution in [3.05, 3.63) is 0 Å². The van der Waals surface area contributed by atoms with E-state index in [1.54, 1.807) is 0 Å². The summed E-state index contributed by atoms with van der Waals surface area (Å²) in [6, 6.07) is 0. The summed E-state index contributed by atoms with van der Waals surface area (Å²) in [5, 5.41) is 17.3. The number of nitrogens with zero attached hydrogens (tertiary/aromatic N) is 4. The second kappa shape index (κ2) is 3.51. The van der Waals surface area contributed by atoms with E-state index in [0.717, 1.165) is 5.71 Å². The fraction of sp³-hybridized carbons (Fsp3) is 0.714. The summed E-state index contributed by atoms with van der Waals surface area (Å²) in [4.78, 5) is 0. The van der Waals surface area contributed by atoms with Crippen molar-refractivity contribution in [3.8, 4) is 0 Å². The number of aromatic nitrogens is 4. The van der Waals surface area contributed by atoms with Crippen molar-refractivity contribution in [1.29, 1.82) is 0 Å². The first-order chi connectivity index (χ1) is 6.00. The molecule has 1 aromatic heterocycles. The molecular weight excluding hydrogens is 168 g/mol. The Morgan fingerprint density at radius 1 is 1.46 bits per heavy atom. The molecule has 0 unspecified atom stereocenters. The van der Waals surface area contributed by atoms with Crippen LogP contribution in [-0.2, 0) is 0 Å². The van der Waals surface area contributed by atoms with E-state index in [-0.39, 0.29) is 5.41 Å². The molecule has 1 rings (SSSR count). The molecule has 0 radical (unpaired) electrons. The summed E-state index contributed by atoms with van der Waals surface area (Å²) in [6.45, 7) is 8.21. The highest BCUT2D eigenvalue weighted by Crippen LogP contribution is 2.15. The van der Waals surface area contributed by atoms with E-state index in [2.05, 4.69) is 51.9 Å². The summed E-state index contributed by atoms with van der Waals surface area (Å²) in [5.41, 5.74) is 3.74. The quantitative estimate of drug-likeness (QED) is 0.529. The molecule has 6 nitrogen and oxygen atoms in total. The maximum Gasteiger partial charge on any atom is 0.283 e. The van der Waals surface area contributed by atoms with Gasteiger partial charge < -0.3 is 0 Å². The maximum absolute atomic E-state index is 4.12. The van der Waals surface area contributed by atoms with Gasteiger partial charge >= 0.3 is 0 Å². The van der Waals surface area contributed by atoms with Crippen LogP contribution in [0.15, 0.2) is 5.10 Å². The van der Waals surface area contributed by atoms with Crippen LogP contribution < -0.4 is 5.43 Å². The van der Waals surface area contributed by atoms with Crippen LogP contribution in [0.2, 0.25) is 0 Å². The zero-order valence-corrected chi connectivity index (χ0v) is 8.29. The van der Waals surface area contributed by atoms with Crippen LogP contribution in [0.25, 0.3) is 0 Å². The molecule has 0 spiro atoms. The molecule has 0 bridgehead atoms. The SMILES string of the molecule is C/C(=N\Nc1nn[nH]n1)C(C)(C)C. The van der Waals surface area contributed by atoms with E-state index in [1.807, 2.05) is 6.92 Å². The zero-order chi connectivity index (χ0) is 9.90. The van der Waals surface area contributed by atoms with E-state index in [9.17, 15) is 0 Å². The smallest absolute Gasteiger partial charge is 0.243 e. The average molecular weight is 182 g/mol. The third kappa shape index (κ3) is 2.81. The Morgan fingerprint density at radius 3 is 2.62 bits per heavy atom. The van der Waals surface area contributed by atoms with Gasteiger partial charge in [-0.05, 0) is 12.1 Å². The van der Waals surface area contributed by atoms with Gasteiger partial charge in [0, 0.05) is 11.1 Å². The molecule has 0 aliphatic carbocycles. The van der Waals surface area contributed by atoms with Gasteiger partial charge in [-0.2, -0.15) is 10.3 Å². The van der Waals surface area contributed by atoms with Crippen LogP contribution in [-0.4, -0.2) is 26.3 Å². The molecule has 72 valence electrons. The lowest BCUT2D eigenvalue weighted by Crippen LogP contribution is -2.18. The lowest BCUT2D eigenvalue weighted by molar-refractivity contribution is 0.586. The first kappa shape index (κ1) is 9.63. The van der Waals surface area contributed by atoms with Crippen LogP contribution in [0.1, 0.15) is 27.7 Å². The summed E-state index contributed by atoms with van der Waals surface area (Å²) in [6.07, 6.45) is 0. The normalized spacial score (nSPS) is 13.1. The predicted molar refractivity (Wildman–Crippen MR) is 50.4 cm³/mol. The van der Waals surface area contributed by atoms with Gasteiger partial charge in [0.1, 0.15) is 0 Å². The summed E-state index contributed by atoms with van der Waals surface area (Å²) < 4.78 is 0. The largest absolute Gasteiger partial charge is 0.283 e. The van der Waals surface area contributed by atoms with E-state index in [4.69, 9.17) is 0 Å². The van der Waals surface area contributed by atoms with Gasteiger partial charge in [-0.1, -0.05) is 25.9 Å². The highest BCUT2D eigenvalue weighted by Gasteiger charge is 2.14. The summed E-state index contributed by atoms with van der Waals surface area (Å²) in [5.74, 6) is 0.378. The minimum atomic E-state index is 0.0523. The van der Waals surface area contributed by atoms with Crippen molar-refractivity contribution in [2.24, 2.45) is 10.5 Å². The molecule has 0 amide bonds. The van der Waals surface area contributed by atoms with Crippen LogP contribution in [0.3, 0.4) is 0 Å². The average Bonchev–Trinajstić information content (AvgIpc) is 2.50. The predicted octanol–water partition coefficient (Wildman–Crippen LogP) is 1.03. The Morgan fingerprint density at radius 2 is 2.15 bits per heavy atom. The van der Waals surface area contributed by atoms with E-state index in [0.29, 0.717) is 5.95 Å². The number of nitrogens with one attached hydrogen (secondary N) is 2. The fourth-order valence-electron chi connectivity index (χ4n) is 0.511. The molecule has 0 saturated carbocycles. The first-order valence-corrected chi connectivity index (χ1v) is 4.04. The van der Waals surface area contributed by atoms with E-state index >= 15 is 0 Å². The standard InChI is InChI=1S/C7H14N6/c1-5(7(2,3)4)8-9-6-10-12-13-11-6/h1-4H3,(H2,9,10,11,12,13)/b8-5+. The van der Waals surface area contributed by atoms with Crippen molar-refractivity contribution in [2.75, 3.05) is 5.43 Å². The minimum Gasteiger partial charge on any atom is -0.243 e. The van der Waals surface area contributed by atoms with Gasteiger partial charge in [-0.25, -0.2) is 5.43 Å². The highest BCUT2D eigenvalue weighted by atomic mass is 15.5. The molecule has 1 aromatic rings. The zero-order valence-electron chi connectivity index (χ0n) is 8.29. The Kier molecular flexibility index (Phi) is 2.60. The van der Waals surface area contributed by atoms with Crippen LogP contribution in [0.4, 0.5) is 5.95 Å². The van der Waals surface area contributed by atoms with Gasteiger partial charge in [0.2, 0.25) is 0 Å². The molecule has 0 aliphatic heterocycles. The van der Waals surface area contributed by atoms with Gasteiger partial charge in [-0.15, -0.1) is 5.10 Å².